The van der Waals surface area contributed by atoms with Gasteiger partial charge in [-0.2, -0.15) is 0 Å². The fraction of sp³-hybridized carbons (Fsp3) is 0.400. The Morgan fingerprint density at radius 2 is 2.07 bits per heavy atom. The van der Waals surface area contributed by atoms with E-state index >= 15 is 0 Å². The third-order valence-electron chi connectivity index (χ3n) is 2.12. The van der Waals surface area contributed by atoms with E-state index in [0.29, 0.717) is 17.9 Å². The van der Waals surface area contributed by atoms with E-state index in [2.05, 4.69) is 0 Å². The molecule has 1 heterocycles. The molecule has 1 aliphatic heterocycles. The Balaban J connectivity index is 2.32. The molecular formula is C10H13NO3. The van der Waals surface area contributed by atoms with Gasteiger partial charge in [0.05, 0.1) is 0 Å². The number of benzene rings is 1. The summed E-state index contributed by atoms with van der Waals surface area (Å²) in [5, 5.41) is 9.63. The Labute approximate surface area is 82.2 Å². The number of ether oxygens (including phenoxy) is 2. The number of fused-ring (bicyclic) bond motifs is 1. The highest BCUT2D eigenvalue weighted by Crippen LogP contribution is 2.37. The number of hydrogen-bond donors (Lipinski definition) is 2. The molecule has 0 spiro atoms. The second kappa shape index (κ2) is 3.38. The standard InChI is InChI=1S/C10H13NO3/c1-6(11)2-7-3-9-10(4-8(7)12)14-5-13-9/h3-4,6,12H,2,5,11H2,1H3. The second-order valence-electron chi connectivity index (χ2n) is 3.52. The molecule has 0 aromatic heterocycles. The van der Waals surface area contributed by atoms with Gasteiger partial charge in [0, 0.05) is 12.1 Å². The van der Waals surface area contributed by atoms with Crippen LogP contribution in [0, 0.1) is 0 Å². The zero-order valence-electron chi connectivity index (χ0n) is 7.99. The number of phenols is 1. The molecule has 0 saturated heterocycles. The summed E-state index contributed by atoms with van der Waals surface area (Å²) in [5.74, 6) is 1.49. The molecule has 2 rings (SSSR count). The van der Waals surface area contributed by atoms with Crippen LogP contribution in [0.2, 0.25) is 0 Å². The van der Waals surface area contributed by atoms with E-state index in [4.69, 9.17) is 15.2 Å². The van der Waals surface area contributed by atoms with E-state index in [9.17, 15) is 5.11 Å². The van der Waals surface area contributed by atoms with E-state index in [1.165, 1.54) is 0 Å². The minimum Gasteiger partial charge on any atom is -0.508 e. The van der Waals surface area contributed by atoms with E-state index in [1.54, 1.807) is 12.1 Å². The minimum absolute atomic E-state index is 0.0151. The third-order valence-corrected chi connectivity index (χ3v) is 2.12. The SMILES string of the molecule is CC(N)Cc1cc2c(cc1O)OCO2. The van der Waals surface area contributed by atoms with Crippen LogP contribution in [0.1, 0.15) is 12.5 Å². The van der Waals surface area contributed by atoms with Crippen LogP contribution in [0.5, 0.6) is 17.2 Å². The highest BCUT2D eigenvalue weighted by atomic mass is 16.7. The minimum atomic E-state index is 0.0151. The maximum absolute atomic E-state index is 9.63. The predicted molar refractivity (Wildman–Crippen MR) is 51.6 cm³/mol. The van der Waals surface area contributed by atoms with Gasteiger partial charge in [-0.25, -0.2) is 0 Å². The first-order valence-electron chi connectivity index (χ1n) is 4.54. The van der Waals surface area contributed by atoms with Crippen molar-refractivity contribution in [2.45, 2.75) is 19.4 Å². The number of phenolic OH excluding ortho intramolecular Hbond substituents is 1. The van der Waals surface area contributed by atoms with Crippen molar-refractivity contribution in [2.75, 3.05) is 6.79 Å². The largest absolute Gasteiger partial charge is 0.508 e. The molecule has 0 radical (unpaired) electrons. The molecule has 4 nitrogen and oxygen atoms in total. The molecule has 0 saturated carbocycles. The van der Waals surface area contributed by atoms with Crippen LogP contribution in [-0.4, -0.2) is 17.9 Å². The lowest BCUT2D eigenvalue weighted by Crippen LogP contribution is -2.17. The highest BCUT2D eigenvalue weighted by molar-refractivity contribution is 5.51. The van der Waals surface area contributed by atoms with E-state index in [1.807, 2.05) is 6.92 Å². The molecule has 76 valence electrons. The van der Waals surface area contributed by atoms with Gasteiger partial charge >= 0.3 is 0 Å². The molecule has 4 heteroatoms. The third kappa shape index (κ3) is 1.61. The van der Waals surface area contributed by atoms with Gasteiger partial charge in [0.15, 0.2) is 11.5 Å². The maximum Gasteiger partial charge on any atom is 0.231 e. The summed E-state index contributed by atoms with van der Waals surface area (Å²) in [5.41, 5.74) is 6.45. The van der Waals surface area contributed by atoms with Gasteiger partial charge in [-0.15, -0.1) is 0 Å². The van der Waals surface area contributed by atoms with Crippen LogP contribution in [0.4, 0.5) is 0 Å². The Hall–Kier alpha value is -1.42. The van der Waals surface area contributed by atoms with E-state index in [0.717, 1.165) is 5.56 Å². The molecule has 3 N–H and O–H groups in total. The summed E-state index contributed by atoms with van der Waals surface area (Å²) in [6.07, 6.45) is 0.627. The quantitative estimate of drug-likeness (QED) is 0.739. The van der Waals surface area contributed by atoms with Gasteiger partial charge < -0.3 is 20.3 Å². The van der Waals surface area contributed by atoms with Crippen LogP contribution in [0.3, 0.4) is 0 Å². The Bertz CT molecular complexity index is 349. The summed E-state index contributed by atoms with van der Waals surface area (Å²) in [7, 11) is 0. The molecule has 0 fully saturated rings. The zero-order chi connectivity index (χ0) is 10.1. The average Bonchev–Trinajstić information content (AvgIpc) is 2.51. The lowest BCUT2D eigenvalue weighted by Gasteiger charge is -2.08. The molecular weight excluding hydrogens is 182 g/mol. The van der Waals surface area contributed by atoms with Gasteiger partial charge in [0.2, 0.25) is 6.79 Å². The molecule has 1 aromatic carbocycles. The molecule has 0 amide bonds. The average molecular weight is 195 g/mol. The summed E-state index contributed by atoms with van der Waals surface area (Å²) in [4.78, 5) is 0. The zero-order valence-corrected chi connectivity index (χ0v) is 7.99. The monoisotopic (exact) mass is 195 g/mol. The van der Waals surface area contributed by atoms with Crippen LogP contribution in [0.25, 0.3) is 0 Å². The summed E-state index contributed by atoms with van der Waals surface area (Å²) < 4.78 is 10.3. The van der Waals surface area contributed by atoms with Crippen molar-refractivity contribution in [2.24, 2.45) is 5.73 Å². The first kappa shape index (κ1) is 9.15. The molecule has 14 heavy (non-hydrogen) atoms. The number of nitrogens with two attached hydrogens (primary N) is 1. The number of aromatic hydroxyl groups is 1. The Morgan fingerprint density at radius 1 is 1.43 bits per heavy atom. The smallest absolute Gasteiger partial charge is 0.231 e. The van der Waals surface area contributed by atoms with E-state index in [-0.39, 0.29) is 18.6 Å². The summed E-state index contributed by atoms with van der Waals surface area (Å²) in [6, 6.07) is 3.36. The van der Waals surface area contributed by atoms with Crippen molar-refractivity contribution in [1.29, 1.82) is 0 Å². The summed E-state index contributed by atoms with van der Waals surface area (Å²) >= 11 is 0. The van der Waals surface area contributed by atoms with Crippen molar-refractivity contribution >= 4 is 0 Å². The lowest BCUT2D eigenvalue weighted by molar-refractivity contribution is 0.174. The molecule has 1 aliphatic rings. The lowest BCUT2D eigenvalue weighted by atomic mass is 10.1. The van der Waals surface area contributed by atoms with Crippen LogP contribution < -0.4 is 15.2 Å². The van der Waals surface area contributed by atoms with E-state index < -0.39 is 0 Å². The van der Waals surface area contributed by atoms with Crippen molar-refractivity contribution in [3.05, 3.63) is 17.7 Å². The van der Waals surface area contributed by atoms with Crippen molar-refractivity contribution in [3.8, 4) is 17.2 Å². The number of hydrogen-bond acceptors (Lipinski definition) is 4. The summed E-state index contributed by atoms with van der Waals surface area (Å²) in [6.45, 7) is 2.11. The van der Waals surface area contributed by atoms with Gasteiger partial charge in [-0.05, 0) is 25.0 Å². The van der Waals surface area contributed by atoms with Gasteiger partial charge in [-0.1, -0.05) is 0 Å². The van der Waals surface area contributed by atoms with Gasteiger partial charge in [-0.3, -0.25) is 0 Å². The fourth-order valence-corrected chi connectivity index (χ4v) is 1.48. The van der Waals surface area contributed by atoms with Gasteiger partial charge in [0.25, 0.3) is 0 Å². The molecule has 1 unspecified atom stereocenters. The number of rotatable bonds is 2. The normalized spacial score (nSPS) is 15.6. The fourth-order valence-electron chi connectivity index (χ4n) is 1.48. The van der Waals surface area contributed by atoms with Crippen LogP contribution >= 0.6 is 0 Å². The topological polar surface area (TPSA) is 64.7 Å². The van der Waals surface area contributed by atoms with Crippen molar-refractivity contribution < 1.29 is 14.6 Å². The molecule has 0 aliphatic carbocycles. The molecule has 1 atom stereocenters. The molecule has 1 aromatic rings. The first-order chi connectivity index (χ1) is 6.66. The first-order valence-corrected chi connectivity index (χ1v) is 4.54. The highest BCUT2D eigenvalue weighted by Gasteiger charge is 2.17. The van der Waals surface area contributed by atoms with Crippen molar-refractivity contribution in [1.82, 2.24) is 0 Å². The Kier molecular flexibility index (Phi) is 2.21. The molecule has 0 bridgehead atoms. The van der Waals surface area contributed by atoms with Crippen molar-refractivity contribution in [3.63, 3.8) is 0 Å². The Morgan fingerprint density at radius 3 is 2.71 bits per heavy atom. The second-order valence-corrected chi connectivity index (χ2v) is 3.52. The van der Waals surface area contributed by atoms with Crippen LogP contribution in [-0.2, 0) is 6.42 Å². The van der Waals surface area contributed by atoms with Gasteiger partial charge in [0.1, 0.15) is 5.75 Å². The predicted octanol–water partition coefficient (Wildman–Crippen LogP) is 1.01. The van der Waals surface area contributed by atoms with Crippen LogP contribution in [0.15, 0.2) is 12.1 Å². The maximum atomic E-state index is 9.63.